The van der Waals surface area contributed by atoms with Crippen LogP contribution in [0.4, 0.5) is 0 Å². The van der Waals surface area contributed by atoms with E-state index in [1.54, 1.807) is 16.8 Å². The summed E-state index contributed by atoms with van der Waals surface area (Å²) in [5.41, 5.74) is -0.754. The largest absolute Gasteiger partial charge is 0.377 e. The number of amides is 2. The Morgan fingerprint density at radius 3 is 2.85 bits per heavy atom. The van der Waals surface area contributed by atoms with Gasteiger partial charge in [0.1, 0.15) is 5.54 Å². The number of rotatable bonds is 4. The number of hydrogen-bond acceptors (Lipinski definition) is 4. The summed E-state index contributed by atoms with van der Waals surface area (Å²) < 4.78 is 5.50. The number of hydrogen-bond donors (Lipinski definition) is 1. The summed E-state index contributed by atoms with van der Waals surface area (Å²) in [7, 11) is 1.78. The number of carbonyl (C=O) groups is 2. The first-order valence-electron chi connectivity index (χ1n) is 7.31. The van der Waals surface area contributed by atoms with Gasteiger partial charge in [-0.05, 0) is 26.7 Å². The third-order valence-corrected chi connectivity index (χ3v) is 4.18. The van der Waals surface area contributed by atoms with Crippen LogP contribution in [0.5, 0.6) is 0 Å². The maximum Gasteiger partial charge on any atom is 0.247 e. The van der Waals surface area contributed by atoms with Gasteiger partial charge in [-0.15, -0.1) is 0 Å². The molecule has 1 atom stereocenters. The van der Waals surface area contributed by atoms with Crippen LogP contribution in [0, 0.1) is 0 Å². The van der Waals surface area contributed by atoms with E-state index in [0.717, 1.165) is 19.4 Å². The Labute approximate surface area is 120 Å². The van der Waals surface area contributed by atoms with Crippen LogP contribution in [0.3, 0.4) is 0 Å². The second-order valence-electron chi connectivity index (χ2n) is 6.10. The van der Waals surface area contributed by atoms with Crippen molar-refractivity contribution in [3.05, 3.63) is 0 Å². The van der Waals surface area contributed by atoms with Crippen molar-refractivity contribution in [2.45, 2.75) is 38.3 Å². The molecule has 20 heavy (non-hydrogen) atoms. The SMILES string of the molecule is CN1CCN(C(=O)CNC[C@@H]2CCCO2)C(C)(C)C1=O. The Morgan fingerprint density at radius 1 is 1.45 bits per heavy atom. The first kappa shape index (κ1) is 15.3. The lowest BCUT2D eigenvalue weighted by atomic mass is 9.97. The van der Waals surface area contributed by atoms with Crippen molar-refractivity contribution in [1.29, 1.82) is 0 Å². The minimum absolute atomic E-state index is 0.00349. The van der Waals surface area contributed by atoms with Crippen molar-refractivity contribution < 1.29 is 14.3 Å². The quantitative estimate of drug-likeness (QED) is 0.778. The molecule has 0 aromatic heterocycles. The lowest BCUT2D eigenvalue weighted by Crippen LogP contribution is -2.64. The smallest absolute Gasteiger partial charge is 0.247 e. The molecule has 6 heteroatoms. The highest BCUT2D eigenvalue weighted by Gasteiger charge is 2.42. The summed E-state index contributed by atoms with van der Waals surface area (Å²) in [6.07, 6.45) is 2.38. The molecule has 0 unspecified atom stereocenters. The Bertz CT molecular complexity index is 378. The first-order chi connectivity index (χ1) is 9.43. The second kappa shape index (κ2) is 6.10. The summed E-state index contributed by atoms with van der Waals surface area (Å²) in [6, 6.07) is 0. The van der Waals surface area contributed by atoms with E-state index in [0.29, 0.717) is 19.6 Å². The van der Waals surface area contributed by atoms with Crippen molar-refractivity contribution in [1.82, 2.24) is 15.1 Å². The maximum atomic E-state index is 12.3. The molecule has 0 bridgehead atoms. The van der Waals surface area contributed by atoms with Crippen LogP contribution in [0.1, 0.15) is 26.7 Å². The summed E-state index contributed by atoms with van der Waals surface area (Å²) >= 11 is 0. The van der Waals surface area contributed by atoms with Crippen LogP contribution in [0.25, 0.3) is 0 Å². The Hall–Kier alpha value is -1.14. The van der Waals surface area contributed by atoms with Gasteiger partial charge in [0.15, 0.2) is 0 Å². The minimum atomic E-state index is -0.754. The van der Waals surface area contributed by atoms with Crippen LogP contribution in [-0.4, -0.2) is 73.1 Å². The van der Waals surface area contributed by atoms with Gasteiger partial charge in [0.05, 0.1) is 12.6 Å². The molecule has 2 saturated heterocycles. The molecule has 2 heterocycles. The van der Waals surface area contributed by atoms with E-state index in [-0.39, 0.29) is 24.5 Å². The Morgan fingerprint density at radius 2 is 2.20 bits per heavy atom. The van der Waals surface area contributed by atoms with Crippen LogP contribution in [0.15, 0.2) is 0 Å². The zero-order valence-corrected chi connectivity index (χ0v) is 12.6. The van der Waals surface area contributed by atoms with Gasteiger partial charge < -0.3 is 19.9 Å². The number of nitrogens with one attached hydrogen (secondary N) is 1. The lowest BCUT2D eigenvalue weighted by molar-refractivity contribution is -0.156. The molecule has 2 aliphatic heterocycles. The maximum absolute atomic E-state index is 12.3. The van der Waals surface area contributed by atoms with Crippen LogP contribution >= 0.6 is 0 Å². The fraction of sp³-hybridized carbons (Fsp3) is 0.857. The predicted octanol–water partition coefficient (Wildman–Crippen LogP) is -0.166. The Kier molecular flexibility index (Phi) is 4.65. The summed E-state index contributed by atoms with van der Waals surface area (Å²) in [6.45, 7) is 6.59. The van der Waals surface area contributed by atoms with Gasteiger partial charge >= 0.3 is 0 Å². The van der Waals surface area contributed by atoms with Gasteiger partial charge in [0.25, 0.3) is 0 Å². The monoisotopic (exact) mass is 283 g/mol. The molecule has 2 fully saturated rings. The van der Waals surface area contributed by atoms with E-state index in [1.165, 1.54) is 0 Å². The van der Waals surface area contributed by atoms with Gasteiger partial charge in [-0.3, -0.25) is 9.59 Å². The van der Waals surface area contributed by atoms with Gasteiger partial charge in [-0.25, -0.2) is 0 Å². The summed E-state index contributed by atoms with van der Waals surface area (Å²) in [5.74, 6) is -0.0225. The molecule has 0 aromatic rings. The molecule has 0 aliphatic carbocycles. The van der Waals surface area contributed by atoms with Crippen LogP contribution in [0.2, 0.25) is 0 Å². The molecule has 1 N–H and O–H groups in total. The minimum Gasteiger partial charge on any atom is -0.377 e. The molecule has 2 amide bonds. The zero-order chi connectivity index (χ0) is 14.8. The molecular weight excluding hydrogens is 258 g/mol. The third-order valence-electron chi connectivity index (χ3n) is 4.18. The Balaban J connectivity index is 1.83. The van der Waals surface area contributed by atoms with E-state index in [4.69, 9.17) is 4.74 Å². The topological polar surface area (TPSA) is 61.9 Å². The molecule has 0 aromatic carbocycles. The van der Waals surface area contributed by atoms with E-state index >= 15 is 0 Å². The van der Waals surface area contributed by atoms with E-state index < -0.39 is 5.54 Å². The normalized spacial score (nSPS) is 26.1. The molecule has 0 saturated carbocycles. The molecule has 0 radical (unpaired) electrons. The molecule has 0 spiro atoms. The molecule has 2 rings (SSSR count). The van der Waals surface area contributed by atoms with Gasteiger partial charge in [0.2, 0.25) is 11.8 Å². The fourth-order valence-electron chi connectivity index (χ4n) is 2.89. The number of nitrogens with zero attached hydrogens (tertiary/aromatic N) is 2. The van der Waals surface area contributed by atoms with Crippen molar-refractivity contribution in [2.75, 3.05) is 39.8 Å². The highest BCUT2D eigenvalue weighted by molar-refractivity contribution is 5.92. The first-order valence-corrected chi connectivity index (χ1v) is 7.31. The highest BCUT2D eigenvalue weighted by atomic mass is 16.5. The lowest BCUT2D eigenvalue weighted by Gasteiger charge is -2.44. The second-order valence-corrected chi connectivity index (χ2v) is 6.10. The molecule has 6 nitrogen and oxygen atoms in total. The number of carbonyl (C=O) groups excluding carboxylic acids is 2. The summed E-state index contributed by atoms with van der Waals surface area (Å²) in [4.78, 5) is 27.8. The highest BCUT2D eigenvalue weighted by Crippen LogP contribution is 2.21. The number of ether oxygens (including phenoxy) is 1. The predicted molar refractivity (Wildman–Crippen MR) is 75.3 cm³/mol. The van der Waals surface area contributed by atoms with Crippen molar-refractivity contribution >= 4 is 11.8 Å². The number of piperazine rings is 1. The van der Waals surface area contributed by atoms with E-state index in [1.807, 2.05) is 13.8 Å². The van der Waals surface area contributed by atoms with E-state index in [2.05, 4.69) is 5.32 Å². The van der Waals surface area contributed by atoms with Gasteiger partial charge in [-0.1, -0.05) is 0 Å². The average molecular weight is 283 g/mol. The van der Waals surface area contributed by atoms with Crippen molar-refractivity contribution in [2.24, 2.45) is 0 Å². The van der Waals surface area contributed by atoms with Crippen molar-refractivity contribution in [3.8, 4) is 0 Å². The standard InChI is InChI=1S/C14H25N3O3/c1-14(2)13(19)16(3)6-7-17(14)12(18)10-15-9-11-5-4-8-20-11/h11,15H,4-10H2,1-3H3/t11-/m0/s1. The fourth-order valence-corrected chi connectivity index (χ4v) is 2.89. The summed E-state index contributed by atoms with van der Waals surface area (Å²) in [5, 5.41) is 3.15. The van der Waals surface area contributed by atoms with Crippen LogP contribution < -0.4 is 5.32 Å². The van der Waals surface area contributed by atoms with Gasteiger partial charge in [-0.2, -0.15) is 0 Å². The number of likely N-dealkylation sites (N-methyl/N-ethyl adjacent to an activating group) is 1. The zero-order valence-electron chi connectivity index (χ0n) is 12.6. The molecular formula is C14H25N3O3. The third kappa shape index (κ3) is 3.12. The van der Waals surface area contributed by atoms with Gasteiger partial charge in [0, 0.05) is 33.3 Å². The van der Waals surface area contributed by atoms with E-state index in [9.17, 15) is 9.59 Å². The molecule has 2 aliphatic rings. The van der Waals surface area contributed by atoms with Crippen molar-refractivity contribution in [3.63, 3.8) is 0 Å². The van der Waals surface area contributed by atoms with Crippen LogP contribution in [-0.2, 0) is 14.3 Å². The average Bonchev–Trinajstić information content (AvgIpc) is 2.89. The molecule has 114 valence electrons.